The lowest BCUT2D eigenvalue weighted by Gasteiger charge is -2.09. The van der Waals surface area contributed by atoms with E-state index in [1.54, 1.807) is 24.4 Å². The van der Waals surface area contributed by atoms with E-state index in [9.17, 15) is 19.7 Å². The Morgan fingerprint density at radius 3 is 2.55 bits per heavy atom. The fourth-order valence-electron chi connectivity index (χ4n) is 3.16. The molecule has 1 heterocycles. The summed E-state index contributed by atoms with van der Waals surface area (Å²) < 4.78 is 6.81. The molecule has 0 saturated carbocycles. The van der Waals surface area contributed by atoms with Crippen LogP contribution in [0.1, 0.15) is 26.3 Å². The Morgan fingerprint density at radius 1 is 1.00 bits per heavy atom. The summed E-state index contributed by atoms with van der Waals surface area (Å²) in [5.41, 5.74) is 1.63. The number of nitrogens with one attached hydrogen (secondary N) is 1. The number of carbonyl (C=O) groups is 2. The fourth-order valence-corrected chi connectivity index (χ4v) is 3.16. The van der Waals surface area contributed by atoms with Gasteiger partial charge in [-0.2, -0.15) is 0 Å². The number of imidazole rings is 1. The molecule has 0 spiro atoms. The zero-order chi connectivity index (χ0) is 23.2. The summed E-state index contributed by atoms with van der Waals surface area (Å²) in [6.07, 6.45) is 4.51. The molecule has 0 fully saturated rings. The lowest BCUT2D eigenvalue weighted by molar-refractivity contribution is -0.384. The molecule has 1 amide bonds. The van der Waals surface area contributed by atoms with E-state index < -0.39 is 16.8 Å². The van der Waals surface area contributed by atoms with E-state index in [0.717, 1.165) is 5.56 Å². The molecule has 9 nitrogen and oxygen atoms in total. The van der Waals surface area contributed by atoms with Crippen LogP contribution in [0.4, 0.5) is 11.4 Å². The van der Waals surface area contributed by atoms with Gasteiger partial charge in [-0.05, 0) is 35.9 Å². The van der Waals surface area contributed by atoms with E-state index in [2.05, 4.69) is 10.3 Å². The summed E-state index contributed by atoms with van der Waals surface area (Å²) in [5.74, 6) is -1.08. The van der Waals surface area contributed by atoms with Gasteiger partial charge in [0.2, 0.25) is 0 Å². The largest absolute Gasteiger partial charge is 0.457 e. The molecule has 0 atom stereocenters. The van der Waals surface area contributed by atoms with Gasteiger partial charge in [0, 0.05) is 29.7 Å². The average Bonchev–Trinajstić information content (AvgIpc) is 3.38. The van der Waals surface area contributed by atoms with Crippen LogP contribution in [-0.4, -0.2) is 26.4 Å². The molecular weight excluding hydrogens is 424 g/mol. The summed E-state index contributed by atoms with van der Waals surface area (Å²) in [7, 11) is 0. The van der Waals surface area contributed by atoms with E-state index in [1.165, 1.54) is 41.4 Å². The zero-order valence-electron chi connectivity index (χ0n) is 17.3. The van der Waals surface area contributed by atoms with Crippen LogP contribution >= 0.6 is 0 Å². The van der Waals surface area contributed by atoms with Crippen molar-refractivity contribution in [2.75, 3.05) is 5.32 Å². The van der Waals surface area contributed by atoms with Crippen molar-refractivity contribution in [3.8, 4) is 5.69 Å². The maximum atomic E-state index is 12.7. The molecule has 0 radical (unpaired) electrons. The number of rotatable bonds is 7. The Bertz CT molecular complexity index is 1300. The van der Waals surface area contributed by atoms with Crippen molar-refractivity contribution >= 4 is 23.3 Å². The van der Waals surface area contributed by atoms with Crippen molar-refractivity contribution in [3.05, 3.63) is 118 Å². The Kier molecular flexibility index (Phi) is 6.21. The van der Waals surface area contributed by atoms with Gasteiger partial charge in [-0.25, -0.2) is 9.78 Å². The maximum Gasteiger partial charge on any atom is 0.338 e. The molecule has 0 aliphatic rings. The monoisotopic (exact) mass is 442 g/mol. The third-order valence-corrected chi connectivity index (χ3v) is 4.79. The predicted molar refractivity (Wildman–Crippen MR) is 120 cm³/mol. The van der Waals surface area contributed by atoms with Crippen LogP contribution in [0.2, 0.25) is 0 Å². The Morgan fingerprint density at radius 2 is 1.82 bits per heavy atom. The van der Waals surface area contributed by atoms with Crippen LogP contribution in [0.3, 0.4) is 0 Å². The molecule has 0 aliphatic heterocycles. The first-order valence-electron chi connectivity index (χ1n) is 9.90. The van der Waals surface area contributed by atoms with Crippen molar-refractivity contribution in [2.24, 2.45) is 0 Å². The quantitative estimate of drug-likeness (QED) is 0.258. The first kappa shape index (κ1) is 21.4. The lowest BCUT2D eigenvalue weighted by atomic mass is 10.1. The van der Waals surface area contributed by atoms with Crippen molar-refractivity contribution in [3.63, 3.8) is 0 Å². The third-order valence-electron chi connectivity index (χ3n) is 4.79. The fraction of sp³-hybridized carbons (Fsp3) is 0.0417. The van der Waals surface area contributed by atoms with Gasteiger partial charge in [-0.3, -0.25) is 14.9 Å². The zero-order valence-corrected chi connectivity index (χ0v) is 17.3. The van der Waals surface area contributed by atoms with E-state index in [1.807, 2.05) is 30.3 Å². The molecule has 0 unspecified atom stereocenters. The molecule has 0 bridgehead atoms. The van der Waals surface area contributed by atoms with Crippen LogP contribution in [0.5, 0.6) is 0 Å². The number of benzene rings is 3. The minimum absolute atomic E-state index is 0.0997. The van der Waals surface area contributed by atoms with Crippen LogP contribution in [0, 0.1) is 10.1 Å². The molecule has 164 valence electrons. The Hall–Kier alpha value is -4.79. The second-order valence-corrected chi connectivity index (χ2v) is 7.03. The SMILES string of the molecule is O=C(Nc1cccc(C(=O)OCc2ccccc2)c1)c1ccc(-n2ccnc2)c([N+](=O)[O-])c1. The summed E-state index contributed by atoms with van der Waals surface area (Å²) in [5, 5.41) is 14.2. The summed E-state index contributed by atoms with van der Waals surface area (Å²) in [6.45, 7) is 0.128. The van der Waals surface area contributed by atoms with Crippen molar-refractivity contribution < 1.29 is 19.2 Å². The van der Waals surface area contributed by atoms with Gasteiger partial charge in [-0.1, -0.05) is 36.4 Å². The second kappa shape index (κ2) is 9.56. The Balaban J connectivity index is 1.48. The number of amides is 1. The summed E-state index contributed by atoms with van der Waals surface area (Å²) in [6, 6.07) is 19.7. The molecule has 3 aromatic carbocycles. The molecule has 1 N–H and O–H groups in total. The average molecular weight is 442 g/mol. The van der Waals surface area contributed by atoms with Crippen LogP contribution in [-0.2, 0) is 11.3 Å². The number of anilines is 1. The van der Waals surface area contributed by atoms with E-state index >= 15 is 0 Å². The van der Waals surface area contributed by atoms with Gasteiger partial charge < -0.3 is 14.6 Å². The van der Waals surface area contributed by atoms with Crippen LogP contribution in [0.25, 0.3) is 5.69 Å². The number of nitrogens with zero attached hydrogens (tertiary/aromatic N) is 3. The van der Waals surface area contributed by atoms with E-state index in [-0.39, 0.29) is 29.1 Å². The number of carbonyl (C=O) groups excluding carboxylic acids is 2. The smallest absolute Gasteiger partial charge is 0.338 e. The summed E-state index contributed by atoms with van der Waals surface area (Å²) >= 11 is 0. The standard InChI is InChI=1S/C24H18N4O5/c29-23(18-9-10-21(22(14-18)28(31)32)27-12-11-25-16-27)26-20-8-4-7-19(13-20)24(30)33-15-17-5-2-1-3-6-17/h1-14,16H,15H2,(H,26,29). The van der Waals surface area contributed by atoms with E-state index in [0.29, 0.717) is 5.69 Å². The molecule has 4 aromatic rings. The highest BCUT2D eigenvalue weighted by Gasteiger charge is 2.19. The molecule has 9 heteroatoms. The van der Waals surface area contributed by atoms with Gasteiger partial charge in [0.1, 0.15) is 12.3 Å². The molecule has 0 saturated heterocycles. The highest BCUT2D eigenvalue weighted by molar-refractivity contribution is 6.05. The van der Waals surface area contributed by atoms with Crippen molar-refractivity contribution in [1.82, 2.24) is 9.55 Å². The van der Waals surface area contributed by atoms with Gasteiger partial charge in [0.15, 0.2) is 0 Å². The highest BCUT2D eigenvalue weighted by Crippen LogP contribution is 2.25. The summed E-state index contributed by atoms with van der Waals surface area (Å²) in [4.78, 5) is 39.9. The number of nitro benzene ring substituents is 1. The van der Waals surface area contributed by atoms with Gasteiger partial charge in [-0.15, -0.1) is 0 Å². The molecule has 33 heavy (non-hydrogen) atoms. The van der Waals surface area contributed by atoms with Gasteiger partial charge in [0.05, 0.1) is 16.8 Å². The van der Waals surface area contributed by atoms with Crippen LogP contribution < -0.4 is 5.32 Å². The normalized spacial score (nSPS) is 10.4. The minimum atomic E-state index is -0.560. The number of aromatic nitrogens is 2. The first-order valence-corrected chi connectivity index (χ1v) is 9.90. The second-order valence-electron chi connectivity index (χ2n) is 7.03. The number of ether oxygens (including phenoxy) is 1. The predicted octanol–water partition coefficient (Wildman–Crippen LogP) is 4.39. The Labute approximate surface area is 188 Å². The third kappa shape index (κ3) is 5.10. The van der Waals surface area contributed by atoms with Gasteiger partial charge >= 0.3 is 5.97 Å². The molecule has 4 rings (SSSR count). The lowest BCUT2D eigenvalue weighted by Crippen LogP contribution is -2.13. The van der Waals surface area contributed by atoms with Crippen LogP contribution in [0.15, 0.2) is 91.5 Å². The number of esters is 1. The highest BCUT2D eigenvalue weighted by atomic mass is 16.6. The number of nitro groups is 1. The number of hydrogen-bond acceptors (Lipinski definition) is 6. The van der Waals surface area contributed by atoms with E-state index in [4.69, 9.17) is 4.74 Å². The topological polar surface area (TPSA) is 116 Å². The van der Waals surface area contributed by atoms with Gasteiger partial charge in [0.25, 0.3) is 11.6 Å². The number of hydrogen-bond donors (Lipinski definition) is 1. The molecule has 0 aliphatic carbocycles. The van der Waals surface area contributed by atoms with Crippen molar-refractivity contribution in [2.45, 2.75) is 6.61 Å². The molecular formula is C24H18N4O5. The minimum Gasteiger partial charge on any atom is -0.457 e. The maximum absolute atomic E-state index is 12.7. The molecule has 1 aromatic heterocycles. The first-order chi connectivity index (χ1) is 16.0. The van der Waals surface area contributed by atoms with Crippen molar-refractivity contribution in [1.29, 1.82) is 0 Å².